The zero-order valence-corrected chi connectivity index (χ0v) is 13.6. The van der Waals surface area contributed by atoms with Gasteiger partial charge in [0.25, 0.3) is 5.69 Å². The number of hydrogen-bond acceptors (Lipinski definition) is 5. The van der Waals surface area contributed by atoms with Gasteiger partial charge >= 0.3 is 0 Å². The Labute approximate surface area is 139 Å². The highest BCUT2D eigenvalue weighted by Gasteiger charge is 2.25. The summed E-state index contributed by atoms with van der Waals surface area (Å²) in [6.07, 6.45) is 1.45. The molecule has 1 aliphatic heterocycles. The maximum Gasteiger partial charge on any atom is 0.292 e. The summed E-state index contributed by atoms with van der Waals surface area (Å²) >= 11 is 5.84. The molecule has 1 aromatic rings. The van der Waals surface area contributed by atoms with Crippen LogP contribution in [0.25, 0.3) is 0 Å². The second-order valence-electron chi connectivity index (χ2n) is 5.84. The van der Waals surface area contributed by atoms with Crippen molar-refractivity contribution in [2.45, 2.75) is 25.9 Å². The van der Waals surface area contributed by atoms with E-state index in [2.05, 4.69) is 5.32 Å². The van der Waals surface area contributed by atoms with Gasteiger partial charge in [-0.15, -0.1) is 0 Å². The van der Waals surface area contributed by atoms with Gasteiger partial charge in [0.05, 0.1) is 17.6 Å². The Bertz CT molecular complexity index is 594. The fourth-order valence-electron chi connectivity index (χ4n) is 2.79. The number of benzene rings is 1. The number of carbonyl (C=O) groups excluding carboxylic acids is 1. The highest BCUT2D eigenvalue weighted by atomic mass is 35.5. The topological polar surface area (TPSA) is 95.7 Å². The number of anilines is 1. The Balaban J connectivity index is 2.00. The summed E-state index contributed by atoms with van der Waals surface area (Å²) in [5, 5.41) is 23.5. The average molecular weight is 342 g/mol. The first kappa shape index (κ1) is 17.7. The molecular weight excluding hydrogens is 322 g/mol. The van der Waals surface area contributed by atoms with Crippen molar-refractivity contribution in [2.75, 3.05) is 25.0 Å². The standard InChI is InChI=1S/C15H20ClN3O4/c1-10(20)11-3-2-6-18(8-11)9-15(21)17-13-7-12(16)4-5-14(13)19(22)23/h4-5,7,10-11,20H,2-3,6,8-9H2,1H3,(H,17,21). The van der Waals surface area contributed by atoms with Gasteiger partial charge in [-0.05, 0) is 44.4 Å². The van der Waals surface area contributed by atoms with Crippen molar-refractivity contribution in [3.05, 3.63) is 33.3 Å². The lowest BCUT2D eigenvalue weighted by molar-refractivity contribution is -0.383. The molecule has 2 rings (SSSR count). The first-order valence-corrected chi connectivity index (χ1v) is 7.89. The number of rotatable bonds is 5. The van der Waals surface area contributed by atoms with E-state index in [4.69, 9.17) is 11.6 Å². The summed E-state index contributed by atoms with van der Waals surface area (Å²) < 4.78 is 0. The van der Waals surface area contributed by atoms with E-state index in [0.717, 1.165) is 19.4 Å². The van der Waals surface area contributed by atoms with Gasteiger partial charge in [0.2, 0.25) is 5.91 Å². The molecular formula is C15H20ClN3O4. The molecule has 1 aromatic carbocycles. The lowest BCUT2D eigenvalue weighted by Gasteiger charge is -2.33. The number of aliphatic hydroxyl groups is 1. The fourth-order valence-corrected chi connectivity index (χ4v) is 2.96. The van der Waals surface area contributed by atoms with Crippen LogP contribution < -0.4 is 5.32 Å². The molecule has 0 radical (unpaired) electrons. The zero-order valence-electron chi connectivity index (χ0n) is 12.9. The van der Waals surface area contributed by atoms with Crippen LogP contribution in [0.5, 0.6) is 0 Å². The molecule has 1 fully saturated rings. The molecule has 2 atom stereocenters. The van der Waals surface area contributed by atoms with Crippen molar-refractivity contribution in [2.24, 2.45) is 5.92 Å². The normalized spacial score (nSPS) is 20.0. The number of piperidine rings is 1. The van der Waals surface area contributed by atoms with Crippen molar-refractivity contribution in [3.8, 4) is 0 Å². The highest BCUT2D eigenvalue weighted by molar-refractivity contribution is 6.31. The number of carbonyl (C=O) groups is 1. The van der Waals surface area contributed by atoms with Crippen LogP contribution >= 0.6 is 11.6 Å². The molecule has 23 heavy (non-hydrogen) atoms. The summed E-state index contributed by atoms with van der Waals surface area (Å²) in [5.41, 5.74) is -0.0974. The van der Waals surface area contributed by atoms with E-state index in [1.165, 1.54) is 18.2 Å². The van der Waals surface area contributed by atoms with Crippen LogP contribution in [0.15, 0.2) is 18.2 Å². The first-order valence-electron chi connectivity index (χ1n) is 7.51. The lowest BCUT2D eigenvalue weighted by atomic mass is 9.93. The number of amides is 1. The van der Waals surface area contributed by atoms with Gasteiger partial charge in [-0.2, -0.15) is 0 Å². The molecule has 126 valence electrons. The van der Waals surface area contributed by atoms with Gasteiger partial charge in [0.1, 0.15) is 5.69 Å². The van der Waals surface area contributed by atoms with Gasteiger partial charge in [0.15, 0.2) is 0 Å². The van der Waals surface area contributed by atoms with Gasteiger partial charge in [0, 0.05) is 17.6 Å². The van der Waals surface area contributed by atoms with Crippen LogP contribution in [0.2, 0.25) is 5.02 Å². The molecule has 2 N–H and O–H groups in total. The molecule has 0 saturated carbocycles. The quantitative estimate of drug-likeness (QED) is 0.632. The van der Waals surface area contributed by atoms with Crippen LogP contribution in [0.3, 0.4) is 0 Å². The third kappa shape index (κ3) is 4.89. The minimum absolute atomic E-state index is 0.0941. The molecule has 0 spiro atoms. The number of nitro benzene ring substituents is 1. The highest BCUT2D eigenvalue weighted by Crippen LogP contribution is 2.27. The SMILES string of the molecule is CC(O)C1CCCN(CC(=O)Nc2cc(Cl)ccc2[N+](=O)[O-])C1. The lowest BCUT2D eigenvalue weighted by Crippen LogP contribution is -2.43. The average Bonchev–Trinajstić information content (AvgIpc) is 2.47. The second kappa shape index (κ2) is 7.72. The third-order valence-corrected chi connectivity index (χ3v) is 4.26. The molecule has 0 aliphatic carbocycles. The minimum atomic E-state index is -0.559. The molecule has 8 heteroatoms. The van der Waals surface area contributed by atoms with E-state index in [1.807, 2.05) is 4.90 Å². The van der Waals surface area contributed by atoms with E-state index in [-0.39, 0.29) is 29.7 Å². The molecule has 0 bridgehead atoms. The van der Waals surface area contributed by atoms with Crippen LogP contribution in [-0.2, 0) is 4.79 Å². The first-order chi connectivity index (χ1) is 10.9. The maximum absolute atomic E-state index is 12.2. The number of likely N-dealkylation sites (tertiary alicyclic amines) is 1. The predicted octanol–water partition coefficient (Wildman–Crippen LogP) is 2.28. The monoisotopic (exact) mass is 341 g/mol. The van der Waals surface area contributed by atoms with E-state index >= 15 is 0 Å². The molecule has 1 heterocycles. The van der Waals surface area contributed by atoms with Gasteiger partial charge in [-0.1, -0.05) is 11.6 Å². The van der Waals surface area contributed by atoms with Crippen molar-refractivity contribution >= 4 is 28.9 Å². The predicted molar refractivity (Wildman–Crippen MR) is 87.6 cm³/mol. The van der Waals surface area contributed by atoms with Gasteiger partial charge < -0.3 is 10.4 Å². The number of halogens is 1. The number of nitro groups is 1. The van der Waals surface area contributed by atoms with Crippen LogP contribution in [0.1, 0.15) is 19.8 Å². The fraction of sp³-hybridized carbons (Fsp3) is 0.533. The largest absolute Gasteiger partial charge is 0.393 e. The van der Waals surface area contributed by atoms with Crippen LogP contribution in [0, 0.1) is 16.0 Å². The second-order valence-corrected chi connectivity index (χ2v) is 6.28. The van der Waals surface area contributed by atoms with Crippen molar-refractivity contribution in [1.29, 1.82) is 0 Å². The maximum atomic E-state index is 12.2. The van der Waals surface area contributed by atoms with Crippen molar-refractivity contribution in [3.63, 3.8) is 0 Å². The van der Waals surface area contributed by atoms with E-state index in [1.54, 1.807) is 6.92 Å². The number of nitrogens with zero attached hydrogens (tertiary/aromatic N) is 2. The van der Waals surface area contributed by atoms with E-state index < -0.39 is 11.0 Å². The third-order valence-electron chi connectivity index (χ3n) is 4.02. The molecule has 7 nitrogen and oxygen atoms in total. The summed E-state index contributed by atoms with van der Waals surface area (Å²) in [6.45, 7) is 3.30. The Morgan fingerprint density at radius 2 is 2.35 bits per heavy atom. The summed E-state index contributed by atoms with van der Waals surface area (Å²) in [7, 11) is 0. The zero-order chi connectivity index (χ0) is 17.0. The Morgan fingerprint density at radius 3 is 3.00 bits per heavy atom. The molecule has 2 unspecified atom stereocenters. The smallest absolute Gasteiger partial charge is 0.292 e. The molecule has 1 amide bonds. The number of nitrogens with one attached hydrogen (secondary N) is 1. The molecule has 0 aromatic heterocycles. The van der Waals surface area contributed by atoms with Gasteiger partial charge in [-0.3, -0.25) is 19.8 Å². The van der Waals surface area contributed by atoms with Crippen molar-refractivity contribution < 1.29 is 14.8 Å². The van der Waals surface area contributed by atoms with Gasteiger partial charge in [-0.25, -0.2) is 0 Å². The van der Waals surface area contributed by atoms with E-state index in [9.17, 15) is 20.0 Å². The van der Waals surface area contributed by atoms with Crippen molar-refractivity contribution in [1.82, 2.24) is 4.90 Å². The Kier molecular flexibility index (Phi) is 5.92. The Morgan fingerprint density at radius 1 is 1.61 bits per heavy atom. The van der Waals surface area contributed by atoms with Crippen LogP contribution in [0.4, 0.5) is 11.4 Å². The summed E-state index contributed by atoms with van der Waals surface area (Å²) in [6, 6.07) is 4.04. The molecule has 1 aliphatic rings. The van der Waals surface area contributed by atoms with E-state index in [0.29, 0.717) is 11.6 Å². The number of hydrogen-bond donors (Lipinski definition) is 2. The molecule has 1 saturated heterocycles. The van der Waals surface area contributed by atoms with Crippen LogP contribution in [-0.4, -0.2) is 46.6 Å². The number of aliphatic hydroxyl groups excluding tert-OH is 1. The Hall–Kier alpha value is -1.70. The summed E-state index contributed by atoms with van der Waals surface area (Å²) in [4.78, 5) is 24.5. The minimum Gasteiger partial charge on any atom is -0.393 e. The summed E-state index contributed by atoms with van der Waals surface area (Å²) in [5.74, 6) is -0.182.